The number of hydrogen-bond donors (Lipinski definition) is 0. The largest absolute Gasteiger partial charge is 0.339 e. The number of rotatable bonds is 4. The fourth-order valence-corrected chi connectivity index (χ4v) is 4.05. The van der Waals surface area contributed by atoms with Crippen LogP contribution in [0.4, 0.5) is 0 Å². The smallest absolute Gasteiger partial charge is 0.223 e. The van der Waals surface area contributed by atoms with Crippen molar-refractivity contribution >= 4 is 17.2 Å². The molecule has 0 bridgehead atoms. The van der Waals surface area contributed by atoms with Crippen LogP contribution in [-0.2, 0) is 17.6 Å². The fourth-order valence-electron chi connectivity index (χ4n) is 3.27. The van der Waals surface area contributed by atoms with Crippen molar-refractivity contribution in [2.45, 2.75) is 45.1 Å². The van der Waals surface area contributed by atoms with Gasteiger partial charge in [-0.05, 0) is 43.7 Å². The molecule has 4 heteroatoms. The Morgan fingerprint density at radius 3 is 3.00 bits per heavy atom. The average molecular weight is 314 g/mol. The minimum absolute atomic E-state index is 0.231. The third-order valence-corrected chi connectivity index (χ3v) is 5.60. The summed E-state index contributed by atoms with van der Waals surface area (Å²) < 4.78 is 0. The number of carbonyl (C=O) groups excluding carboxylic acids is 1. The van der Waals surface area contributed by atoms with Crippen LogP contribution in [0.2, 0.25) is 0 Å². The molecule has 0 saturated heterocycles. The molecule has 1 heterocycles. The Bertz CT molecular complexity index is 665. The number of thiazole rings is 1. The van der Waals surface area contributed by atoms with Crippen molar-refractivity contribution in [3.8, 4) is 0 Å². The molecule has 0 fully saturated rings. The molecule has 0 saturated carbocycles. The second-order valence-corrected chi connectivity index (χ2v) is 6.91. The first-order valence-corrected chi connectivity index (χ1v) is 8.77. The molecular formula is C18H22N2OS. The molecule has 1 aliphatic rings. The van der Waals surface area contributed by atoms with Crippen molar-refractivity contribution in [2.24, 2.45) is 0 Å². The van der Waals surface area contributed by atoms with Crippen molar-refractivity contribution in [3.05, 3.63) is 51.5 Å². The van der Waals surface area contributed by atoms with E-state index in [1.807, 2.05) is 24.4 Å². The summed E-state index contributed by atoms with van der Waals surface area (Å²) in [5.74, 6) is 0.231. The first kappa shape index (κ1) is 15.2. The summed E-state index contributed by atoms with van der Waals surface area (Å²) in [6.07, 6.45) is 4.73. The van der Waals surface area contributed by atoms with E-state index in [9.17, 15) is 4.79 Å². The molecule has 1 amide bonds. The van der Waals surface area contributed by atoms with E-state index in [0.717, 1.165) is 31.4 Å². The van der Waals surface area contributed by atoms with Crippen LogP contribution in [0.3, 0.4) is 0 Å². The number of fused-ring (bicyclic) bond motifs is 1. The quantitative estimate of drug-likeness (QED) is 0.857. The van der Waals surface area contributed by atoms with Crippen molar-refractivity contribution in [2.75, 3.05) is 7.05 Å². The van der Waals surface area contributed by atoms with Gasteiger partial charge in [-0.2, -0.15) is 0 Å². The lowest BCUT2D eigenvalue weighted by atomic mass is 9.87. The van der Waals surface area contributed by atoms with Gasteiger partial charge in [0.2, 0.25) is 5.91 Å². The Morgan fingerprint density at radius 2 is 2.23 bits per heavy atom. The van der Waals surface area contributed by atoms with Gasteiger partial charge in [0.15, 0.2) is 0 Å². The zero-order chi connectivity index (χ0) is 15.5. The first-order valence-electron chi connectivity index (χ1n) is 7.89. The standard InChI is InChI=1S/C18H22N2OS/c1-13-17(22-12-19-13)10-11-18(21)20(2)16-9-5-7-14-6-3-4-8-15(14)16/h3-4,6,8,12,16H,5,7,9-11H2,1-2H3/t16-/m0/s1. The maximum Gasteiger partial charge on any atom is 0.223 e. The molecular weight excluding hydrogens is 292 g/mol. The topological polar surface area (TPSA) is 33.2 Å². The van der Waals surface area contributed by atoms with Crippen LogP contribution in [0, 0.1) is 6.92 Å². The van der Waals surface area contributed by atoms with E-state index in [0.29, 0.717) is 6.42 Å². The fraction of sp³-hybridized carbons (Fsp3) is 0.444. The number of aromatic nitrogens is 1. The maximum atomic E-state index is 12.6. The number of hydrogen-bond acceptors (Lipinski definition) is 3. The van der Waals surface area contributed by atoms with Crippen LogP contribution < -0.4 is 0 Å². The van der Waals surface area contributed by atoms with Crippen molar-refractivity contribution in [1.29, 1.82) is 0 Å². The molecule has 3 rings (SSSR count). The van der Waals surface area contributed by atoms with Gasteiger partial charge in [-0.1, -0.05) is 24.3 Å². The van der Waals surface area contributed by atoms with Gasteiger partial charge < -0.3 is 4.90 Å². The molecule has 3 nitrogen and oxygen atoms in total. The molecule has 0 spiro atoms. The van der Waals surface area contributed by atoms with Gasteiger partial charge in [0, 0.05) is 18.3 Å². The summed E-state index contributed by atoms with van der Waals surface area (Å²) >= 11 is 1.65. The summed E-state index contributed by atoms with van der Waals surface area (Å²) in [5.41, 5.74) is 5.65. The summed E-state index contributed by atoms with van der Waals surface area (Å²) in [6, 6.07) is 8.78. The SMILES string of the molecule is Cc1ncsc1CCC(=O)N(C)[C@H]1CCCc2ccccc21. The Labute approximate surface area is 136 Å². The molecule has 1 aromatic carbocycles. The minimum Gasteiger partial charge on any atom is -0.339 e. The van der Waals surface area contributed by atoms with Crippen LogP contribution in [0.5, 0.6) is 0 Å². The average Bonchev–Trinajstić information content (AvgIpc) is 2.96. The van der Waals surface area contributed by atoms with Gasteiger partial charge in [-0.3, -0.25) is 4.79 Å². The van der Waals surface area contributed by atoms with Gasteiger partial charge in [-0.25, -0.2) is 4.98 Å². The lowest BCUT2D eigenvalue weighted by molar-refractivity contribution is -0.132. The predicted octanol–water partition coefficient (Wildman–Crippen LogP) is 3.92. The zero-order valence-electron chi connectivity index (χ0n) is 13.2. The van der Waals surface area contributed by atoms with Crippen LogP contribution in [0.1, 0.15) is 47.0 Å². The highest BCUT2D eigenvalue weighted by Gasteiger charge is 2.26. The van der Waals surface area contributed by atoms with Crippen molar-refractivity contribution in [1.82, 2.24) is 9.88 Å². The molecule has 116 valence electrons. The van der Waals surface area contributed by atoms with E-state index >= 15 is 0 Å². The van der Waals surface area contributed by atoms with E-state index in [4.69, 9.17) is 0 Å². The number of benzene rings is 1. The molecule has 0 aliphatic heterocycles. The summed E-state index contributed by atoms with van der Waals surface area (Å²) in [5, 5.41) is 0. The van der Waals surface area contributed by atoms with Crippen LogP contribution in [0.25, 0.3) is 0 Å². The summed E-state index contributed by atoms with van der Waals surface area (Å²) in [4.78, 5) is 20.0. The Morgan fingerprint density at radius 1 is 1.41 bits per heavy atom. The van der Waals surface area contributed by atoms with E-state index in [1.54, 1.807) is 11.3 Å². The molecule has 1 atom stereocenters. The Balaban J connectivity index is 1.67. The lowest BCUT2D eigenvalue weighted by Crippen LogP contribution is -2.33. The second kappa shape index (κ2) is 6.61. The number of aryl methyl sites for hydroxylation is 3. The molecule has 2 aromatic rings. The Kier molecular flexibility index (Phi) is 4.57. The van der Waals surface area contributed by atoms with Crippen molar-refractivity contribution in [3.63, 3.8) is 0 Å². The highest BCUT2D eigenvalue weighted by atomic mass is 32.1. The van der Waals surface area contributed by atoms with E-state index in [-0.39, 0.29) is 11.9 Å². The summed E-state index contributed by atoms with van der Waals surface area (Å²) in [7, 11) is 1.95. The number of carbonyl (C=O) groups is 1. The van der Waals surface area contributed by atoms with E-state index in [2.05, 4.69) is 29.2 Å². The van der Waals surface area contributed by atoms with Gasteiger partial charge in [-0.15, -0.1) is 11.3 Å². The molecule has 0 unspecified atom stereocenters. The molecule has 1 aromatic heterocycles. The predicted molar refractivity (Wildman–Crippen MR) is 90.1 cm³/mol. The van der Waals surface area contributed by atoms with E-state index < -0.39 is 0 Å². The van der Waals surface area contributed by atoms with Crippen LogP contribution in [0.15, 0.2) is 29.8 Å². The molecule has 0 radical (unpaired) electrons. The van der Waals surface area contributed by atoms with Gasteiger partial charge in [0.1, 0.15) is 0 Å². The maximum absolute atomic E-state index is 12.6. The molecule has 1 aliphatic carbocycles. The van der Waals surface area contributed by atoms with Gasteiger partial charge in [0.05, 0.1) is 17.2 Å². The van der Waals surface area contributed by atoms with E-state index in [1.165, 1.54) is 16.0 Å². The first-order chi connectivity index (χ1) is 10.7. The normalized spacial score (nSPS) is 17.1. The number of nitrogens with zero attached hydrogens (tertiary/aromatic N) is 2. The zero-order valence-corrected chi connectivity index (χ0v) is 14.0. The minimum atomic E-state index is 0.231. The highest BCUT2D eigenvalue weighted by molar-refractivity contribution is 7.09. The van der Waals surface area contributed by atoms with Gasteiger partial charge in [0.25, 0.3) is 0 Å². The second-order valence-electron chi connectivity index (χ2n) is 5.97. The summed E-state index contributed by atoms with van der Waals surface area (Å²) in [6.45, 7) is 2.01. The number of amides is 1. The van der Waals surface area contributed by atoms with Crippen molar-refractivity contribution < 1.29 is 4.79 Å². The molecule has 0 N–H and O–H groups in total. The highest BCUT2D eigenvalue weighted by Crippen LogP contribution is 2.33. The lowest BCUT2D eigenvalue weighted by Gasteiger charge is -2.33. The Hall–Kier alpha value is -1.68. The molecule has 22 heavy (non-hydrogen) atoms. The van der Waals surface area contributed by atoms with Gasteiger partial charge >= 0.3 is 0 Å². The monoisotopic (exact) mass is 314 g/mol. The van der Waals surface area contributed by atoms with Crippen LogP contribution in [-0.4, -0.2) is 22.8 Å². The third-order valence-electron chi connectivity index (χ3n) is 4.61. The third kappa shape index (κ3) is 3.07. The van der Waals surface area contributed by atoms with Crippen LogP contribution >= 0.6 is 11.3 Å².